The van der Waals surface area contributed by atoms with E-state index in [2.05, 4.69) is 16.8 Å². The molecule has 6 heteroatoms. The number of furan rings is 1. The standard InChI is InChI=1S/C13H17N3O2S/c1-3-6-16-12(11-5-8-18-10(11)2)14-15-13(16)19-9-4-7-17/h3,5,8,17H,1,4,6-7,9H2,2H3. The summed E-state index contributed by atoms with van der Waals surface area (Å²) in [6, 6.07) is 1.89. The molecule has 0 bridgehead atoms. The Morgan fingerprint density at radius 1 is 1.53 bits per heavy atom. The van der Waals surface area contributed by atoms with E-state index in [1.165, 1.54) is 0 Å². The highest BCUT2D eigenvalue weighted by molar-refractivity contribution is 7.99. The molecule has 0 fully saturated rings. The minimum atomic E-state index is 0.191. The summed E-state index contributed by atoms with van der Waals surface area (Å²) in [5.74, 6) is 2.43. The van der Waals surface area contributed by atoms with Gasteiger partial charge in [-0.05, 0) is 19.4 Å². The predicted octanol–water partition coefficient (Wildman–Crippen LogP) is 2.51. The molecule has 5 nitrogen and oxygen atoms in total. The lowest BCUT2D eigenvalue weighted by Crippen LogP contribution is -2.01. The second kappa shape index (κ2) is 6.58. The van der Waals surface area contributed by atoms with E-state index in [1.54, 1.807) is 18.0 Å². The van der Waals surface area contributed by atoms with Gasteiger partial charge in [0.05, 0.1) is 11.8 Å². The van der Waals surface area contributed by atoms with Gasteiger partial charge in [0.1, 0.15) is 5.76 Å². The average molecular weight is 279 g/mol. The maximum absolute atomic E-state index is 8.82. The molecule has 0 amide bonds. The summed E-state index contributed by atoms with van der Waals surface area (Å²) in [5.41, 5.74) is 0.948. The van der Waals surface area contributed by atoms with Gasteiger partial charge in [-0.15, -0.1) is 16.8 Å². The van der Waals surface area contributed by atoms with Crippen molar-refractivity contribution >= 4 is 11.8 Å². The zero-order chi connectivity index (χ0) is 13.7. The molecule has 19 heavy (non-hydrogen) atoms. The SMILES string of the molecule is C=CCn1c(SCCCO)nnc1-c1ccoc1C. The molecule has 0 aliphatic heterocycles. The number of aryl methyl sites for hydroxylation is 1. The van der Waals surface area contributed by atoms with Gasteiger partial charge < -0.3 is 9.52 Å². The highest BCUT2D eigenvalue weighted by Gasteiger charge is 2.16. The van der Waals surface area contributed by atoms with Crippen LogP contribution in [0.3, 0.4) is 0 Å². The molecule has 0 aliphatic rings. The maximum atomic E-state index is 8.82. The van der Waals surface area contributed by atoms with E-state index in [9.17, 15) is 0 Å². The second-order valence-corrected chi connectivity index (χ2v) is 5.08. The van der Waals surface area contributed by atoms with Crippen molar-refractivity contribution in [1.29, 1.82) is 0 Å². The Bertz CT molecular complexity index is 548. The molecule has 0 atom stereocenters. The molecule has 2 aromatic rings. The Morgan fingerprint density at radius 2 is 2.37 bits per heavy atom. The van der Waals surface area contributed by atoms with Crippen molar-refractivity contribution in [3.63, 3.8) is 0 Å². The fourth-order valence-electron chi connectivity index (χ4n) is 1.73. The third-order valence-corrected chi connectivity index (χ3v) is 3.71. The number of rotatable bonds is 7. The molecular weight excluding hydrogens is 262 g/mol. The molecule has 2 aromatic heterocycles. The molecule has 2 rings (SSSR count). The Labute approximate surface area is 116 Å². The first-order chi connectivity index (χ1) is 9.27. The summed E-state index contributed by atoms with van der Waals surface area (Å²) >= 11 is 1.59. The molecule has 0 saturated carbocycles. The van der Waals surface area contributed by atoms with Crippen molar-refractivity contribution in [2.45, 2.75) is 25.0 Å². The third-order valence-electron chi connectivity index (χ3n) is 2.66. The van der Waals surface area contributed by atoms with Crippen LogP contribution in [-0.4, -0.2) is 32.2 Å². The third kappa shape index (κ3) is 3.08. The van der Waals surface area contributed by atoms with E-state index in [4.69, 9.17) is 9.52 Å². The van der Waals surface area contributed by atoms with Crippen LogP contribution in [0.25, 0.3) is 11.4 Å². The number of hydrogen-bond acceptors (Lipinski definition) is 5. The first-order valence-electron chi connectivity index (χ1n) is 6.10. The molecule has 102 valence electrons. The van der Waals surface area contributed by atoms with Crippen molar-refractivity contribution in [1.82, 2.24) is 14.8 Å². The quantitative estimate of drug-likeness (QED) is 0.479. The lowest BCUT2D eigenvalue weighted by atomic mass is 10.2. The lowest BCUT2D eigenvalue weighted by molar-refractivity contribution is 0.296. The van der Waals surface area contributed by atoms with Crippen molar-refractivity contribution in [3.05, 3.63) is 30.7 Å². The molecular formula is C13H17N3O2S. The van der Waals surface area contributed by atoms with Gasteiger partial charge >= 0.3 is 0 Å². The highest BCUT2D eigenvalue weighted by atomic mass is 32.2. The molecule has 0 spiro atoms. The van der Waals surface area contributed by atoms with E-state index in [-0.39, 0.29) is 6.61 Å². The molecule has 0 unspecified atom stereocenters. The first-order valence-corrected chi connectivity index (χ1v) is 7.08. The van der Waals surface area contributed by atoms with E-state index in [0.717, 1.165) is 34.5 Å². The number of aliphatic hydroxyl groups is 1. The first kappa shape index (κ1) is 13.9. The van der Waals surface area contributed by atoms with Crippen LogP contribution >= 0.6 is 11.8 Å². The molecule has 1 N–H and O–H groups in total. The fourth-order valence-corrected chi connectivity index (χ4v) is 2.60. The van der Waals surface area contributed by atoms with Crippen molar-refractivity contribution in [3.8, 4) is 11.4 Å². The zero-order valence-electron chi connectivity index (χ0n) is 10.9. The van der Waals surface area contributed by atoms with Gasteiger partial charge in [0.15, 0.2) is 11.0 Å². The van der Waals surface area contributed by atoms with Gasteiger partial charge in [-0.25, -0.2) is 0 Å². The van der Waals surface area contributed by atoms with E-state index in [1.807, 2.05) is 23.6 Å². The minimum Gasteiger partial charge on any atom is -0.469 e. The predicted molar refractivity (Wildman–Crippen MR) is 75.1 cm³/mol. The summed E-state index contributed by atoms with van der Waals surface area (Å²) in [6.07, 6.45) is 4.21. The van der Waals surface area contributed by atoms with Gasteiger partial charge in [0.25, 0.3) is 0 Å². The summed E-state index contributed by atoms with van der Waals surface area (Å²) in [5, 5.41) is 18.1. The van der Waals surface area contributed by atoms with Crippen LogP contribution in [0.2, 0.25) is 0 Å². The molecule has 0 saturated heterocycles. The van der Waals surface area contributed by atoms with Gasteiger partial charge in [-0.2, -0.15) is 0 Å². The van der Waals surface area contributed by atoms with E-state index in [0.29, 0.717) is 6.54 Å². The van der Waals surface area contributed by atoms with Gasteiger partial charge in [-0.1, -0.05) is 17.8 Å². The Kier molecular flexibility index (Phi) is 4.81. The summed E-state index contributed by atoms with van der Waals surface area (Å²) in [6.45, 7) is 6.51. The van der Waals surface area contributed by atoms with E-state index < -0.39 is 0 Å². The van der Waals surface area contributed by atoms with Crippen LogP contribution < -0.4 is 0 Å². The molecule has 2 heterocycles. The molecule has 0 aliphatic carbocycles. The van der Waals surface area contributed by atoms with Crippen LogP contribution in [0, 0.1) is 6.92 Å². The van der Waals surface area contributed by atoms with Crippen LogP contribution in [0.4, 0.5) is 0 Å². The lowest BCUT2D eigenvalue weighted by Gasteiger charge is -2.06. The minimum absolute atomic E-state index is 0.191. The second-order valence-electron chi connectivity index (χ2n) is 4.02. The monoisotopic (exact) mass is 279 g/mol. The Hall–Kier alpha value is -1.53. The number of aromatic nitrogens is 3. The molecule has 0 aromatic carbocycles. The smallest absolute Gasteiger partial charge is 0.191 e. The Morgan fingerprint density at radius 3 is 3.00 bits per heavy atom. The highest BCUT2D eigenvalue weighted by Crippen LogP contribution is 2.27. The van der Waals surface area contributed by atoms with E-state index >= 15 is 0 Å². The zero-order valence-corrected chi connectivity index (χ0v) is 11.7. The summed E-state index contributed by atoms with van der Waals surface area (Å²) in [7, 11) is 0. The Balaban J connectivity index is 2.29. The normalized spacial score (nSPS) is 10.8. The number of aliphatic hydroxyl groups excluding tert-OH is 1. The van der Waals surface area contributed by atoms with Gasteiger partial charge in [-0.3, -0.25) is 4.57 Å². The summed E-state index contributed by atoms with van der Waals surface area (Å²) < 4.78 is 7.32. The van der Waals surface area contributed by atoms with Crippen molar-refractivity contribution in [2.24, 2.45) is 0 Å². The largest absolute Gasteiger partial charge is 0.469 e. The summed E-state index contributed by atoms with van der Waals surface area (Å²) in [4.78, 5) is 0. The van der Waals surface area contributed by atoms with Crippen LogP contribution in [-0.2, 0) is 6.54 Å². The average Bonchev–Trinajstić information content (AvgIpc) is 2.97. The van der Waals surface area contributed by atoms with Crippen LogP contribution in [0.5, 0.6) is 0 Å². The molecule has 0 radical (unpaired) electrons. The van der Waals surface area contributed by atoms with Crippen LogP contribution in [0.15, 0.2) is 34.6 Å². The maximum Gasteiger partial charge on any atom is 0.191 e. The van der Waals surface area contributed by atoms with Crippen molar-refractivity contribution in [2.75, 3.05) is 12.4 Å². The van der Waals surface area contributed by atoms with Gasteiger partial charge in [0, 0.05) is 18.9 Å². The number of thioether (sulfide) groups is 1. The number of allylic oxidation sites excluding steroid dienone is 1. The van der Waals surface area contributed by atoms with Crippen LogP contribution in [0.1, 0.15) is 12.2 Å². The number of nitrogens with zero attached hydrogens (tertiary/aromatic N) is 3. The topological polar surface area (TPSA) is 64.1 Å². The van der Waals surface area contributed by atoms with Gasteiger partial charge in [0.2, 0.25) is 0 Å². The fraction of sp³-hybridized carbons (Fsp3) is 0.385. The van der Waals surface area contributed by atoms with Crippen molar-refractivity contribution < 1.29 is 9.52 Å². The number of hydrogen-bond donors (Lipinski definition) is 1.